The molecule has 0 amide bonds. The summed E-state index contributed by atoms with van der Waals surface area (Å²) in [5, 5.41) is 4.78. The van der Waals surface area contributed by atoms with E-state index in [0.29, 0.717) is 50.6 Å². The van der Waals surface area contributed by atoms with Crippen molar-refractivity contribution in [1.29, 1.82) is 0 Å². The molecule has 5 rings (SSSR count). The monoisotopic (exact) mass is 501 g/mol. The zero-order valence-corrected chi connectivity index (χ0v) is 19.7. The summed E-state index contributed by atoms with van der Waals surface area (Å²) in [6.07, 6.45) is 3.55. The summed E-state index contributed by atoms with van der Waals surface area (Å²) in [5.41, 5.74) is 1.84. The Bertz CT molecular complexity index is 1430. The number of aromatic nitrogens is 2. The first kappa shape index (κ1) is 22.4. The second-order valence-electron chi connectivity index (χ2n) is 8.12. The van der Waals surface area contributed by atoms with Gasteiger partial charge in [0.2, 0.25) is 0 Å². The molecule has 1 aliphatic carbocycles. The van der Waals surface area contributed by atoms with Crippen molar-refractivity contribution in [3.8, 4) is 17.1 Å². The lowest BCUT2D eigenvalue weighted by Crippen LogP contribution is -2.34. The predicted octanol–water partition coefficient (Wildman–Crippen LogP) is 6.79. The quantitative estimate of drug-likeness (QED) is 0.327. The molecule has 0 atom stereocenters. The average molecular weight is 503 g/mol. The third-order valence-electron chi connectivity index (χ3n) is 6.00. The lowest BCUT2D eigenvalue weighted by molar-refractivity contribution is 0.338. The van der Waals surface area contributed by atoms with Crippen molar-refractivity contribution in [3.63, 3.8) is 0 Å². The van der Waals surface area contributed by atoms with Crippen LogP contribution in [0.2, 0.25) is 15.1 Å². The van der Waals surface area contributed by atoms with E-state index in [4.69, 9.17) is 39.8 Å². The van der Waals surface area contributed by atoms with E-state index in [1.165, 1.54) is 23.1 Å². The summed E-state index contributed by atoms with van der Waals surface area (Å²) in [6, 6.07) is 15.2. The van der Waals surface area contributed by atoms with Gasteiger partial charge in [-0.15, -0.1) is 0 Å². The maximum Gasteiger partial charge on any atom is 0.266 e. The Morgan fingerprint density at radius 2 is 1.88 bits per heavy atom. The van der Waals surface area contributed by atoms with Crippen LogP contribution in [0.3, 0.4) is 0 Å². The Morgan fingerprint density at radius 3 is 2.61 bits per heavy atom. The number of hydrogen-bond acceptors (Lipinski definition) is 3. The van der Waals surface area contributed by atoms with Crippen LogP contribution in [0.15, 0.2) is 59.4 Å². The van der Waals surface area contributed by atoms with Crippen molar-refractivity contribution >= 4 is 45.7 Å². The molecular formula is C25H19Cl3FN3O. The van der Waals surface area contributed by atoms with Gasteiger partial charge in [-0.05, 0) is 60.9 Å². The molecule has 0 aliphatic heterocycles. The fraction of sp³-hybridized carbons (Fsp3) is 0.200. The Kier molecular flexibility index (Phi) is 6.14. The van der Waals surface area contributed by atoms with Crippen LogP contribution in [0.1, 0.15) is 24.8 Å². The van der Waals surface area contributed by atoms with Gasteiger partial charge in [-0.3, -0.25) is 9.36 Å². The van der Waals surface area contributed by atoms with E-state index in [1.54, 1.807) is 30.3 Å². The van der Waals surface area contributed by atoms with Crippen LogP contribution >= 0.6 is 34.8 Å². The van der Waals surface area contributed by atoms with E-state index < -0.39 is 5.82 Å². The second-order valence-corrected chi connectivity index (χ2v) is 9.34. The molecule has 4 nitrogen and oxygen atoms in total. The molecule has 0 unspecified atom stereocenters. The maximum absolute atomic E-state index is 14.3. The smallest absolute Gasteiger partial charge is 0.266 e. The van der Waals surface area contributed by atoms with Crippen LogP contribution in [0, 0.1) is 5.82 Å². The van der Waals surface area contributed by atoms with Crippen molar-refractivity contribution in [1.82, 2.24) is 14.9 Å². The van der Waals surface area contributed by atoms with Gasteiger partial charge in [0.1, 0.15) is 11.6 Å². The molecule has 1 fully saturated rings. The van der Waals surface area contributed by atoms with Gasteiger partial charge in [0.15, 0.2) is 0 Å². The van der Waals surface area contributed by atoms with Crippen LogP contribution < -0.4 is 10.9 Å². The molecule has 0 saturated heterocycles. The van der Waals surface area contributed by atoms with Crippen LogP contribution in [0.4, 0.5) is 4.39 Å². The first-order valence-electron chi connectivity index (χ1n) is 10.6. The van der Waals surface area contributed by atoms with Crippen LogP contribution in [-0.4, -0.2) is 15.6 Å². The summed E-state index contributed by atoms with van der Waals surface area (Å²) in [4.78, 5) is 18.3. The molecule has 1 N–H and O–H groups in total. The molecule has 4 aromatic rings. The number of benzene rings is 3. The van der Waals surface area contributed by atoms with Gasteiger partial charge in [-0.25, -0.2) is 9.37 Å². The highest BCUT2D eigenvalue weighted by molar-refractivity contribution is 6.34. The number of rotatable bonds is 5. The van der Waals surface area contributed by atoms with Gasteiger partial charge >= 0.3 is 0 Å². The van der Waals surface area contributed by atoms with Crippen molar-refractivity contribution in [2.24, 2.45) is 0 Å². The van der Waals surface area contributed by atoms with E-state index in [2.05, 4.69) is 5.32 Å². The van der Waals surface area contributed by atoms with Crippen molar-refractivity contribution in [2.45, 2.75) is 31.8 Å². The third-order valence-corrected chi connectivity index (χ3v) is 6.99. The van der Waals surface area contributed by atoms with Gasteiger partial charge in [-0.2, -0.15) is 0 Å². The Balaban J connectivity index is 1.73. The maximum atomic E-state index is 14.3. The van der Waals surface area contributed by atoms with Crippen molar-refractivity contribution in [2.75, 3.05) is 0 Å². The van der Waals surface area contributed by atoms with Gasteiger partial charge in [0, 0.05) is 23.2 Å². The van der Waals surface area contributed by atoms with Crippen molar-refractivity contribution in [3.05, 3.63) is 91.4 Å². The molecule has 1 saturated carbocycles. The zero-order chi connectivity index (χ0) is 23.1. The van der Waals surface area contributed by atoms with Gasteiger partial charge in [0.05, 0.1) is 26.6 Å². The summed E-state index contributed by atoms with van der Waals surface area (Å²) < 4.78 is 15.7. The normalized spacial score (nSPS) is 13.9. The van der Waals surface area contributed by atoms with Gasteiger partial charge in [-0.1, -0.05) is 53.4 Å². The van der Waals surface area contributed by atoms with E-state index in [9.17, 15) is 9.18 Å². The fourth-order valence-electron chi connectivity index (χ4n) is 3.96. The van der Waals surface area contributed by atoms with Crippen LogP contribution in [-0.2, 0) is 6.54 Å². The molecule has 168 valence electrons. The summed E-state index contributed by atoms with van der Waals surface area (Å²) in [6.45, 7) is 0.608. The minimum Gasteiger partial charge on any atom is -0.310 e. The highest BCUT2D eigenvalue weighted by Crippen LogP contribution is 2.32. The summed E-state index contributed by atoms with van der Waals surface area (Å²) in [5.74, 6) is -0.334. The van der Waals surface area contributed by atoms with Gasteiger partial charge < -0.3 is 5.32 Å². The standard InChI is InChI=1S/C25H19Cl3FN3O/c26-15-7-9-18-22(11-15)31-24(32(25(18)33)17-8-10-20(27)21(29)12-17)19-6-1-3-14(23(19)28)13-30-16-4-2-5-16/h1,3,6-12,16,30H,2,4-5,13H2. The first-order valence-corrected chi connectivity index (χ1v) is 11.7. The summed E-state index contributed by atoms with van der Waals surface area (Å²) >= 11 is 18.9. The molecule has 0 spiro atoms. The zero-order valence-electron chi connectivity index (χ0n) is 17.4. The van der Waals surface area contributed by atoms with Gasteiger partial charge in [0.25, 0.3) is 5.56 Å². The van der Waals surface area contributed by atoms with E-state index >= 15 is 0 Å². The van der Waals surface area contributed by atoms with Crippen molar-refractivity contribution < 1.29 is 4.39 Å². The SMILES string of the molecule is O=c1c2ccc(Cl)cc2nc(-c2cccc(CNC3CCC3)c2Cl)n1-c1ccc(Cl)c(F)c1. The largest absolute Gasteiger partial charge is 0.310 e. The number of nitrogens with one attached hydrogen (secondary N) is 1. The topological polar surface area (TPSA) is 46.9 Å². The molecule has 3 aromatic carbocycles. The Hall–Kier alpha value is -2.44. The lowest BCUT2D eigenvalue weighted by atomic mass is 9.93. The molecule has 33 heavy (non-hydrogen) atoms. The molecule has 8 heteroatoms. The molecule has 1 aliphatic rings. The fourth-order valence-corrected chi connectivity index (χ4v) is 4.52. The summed E-state index contributed by atoms with van der Waals surface area (Å²) in [7, 11) is 0. The highest BCUT2D eigenvalue weighted by Gasteiger charge is 2.21. The number of fused-ring (bicyclic) bond motifs is 1. The molecule has 1 aromatic heterocycles. The van der Waals surface area contributed by atoms with E-state index in [0.717, 1.165) is 18.4 Å². The lowest BCUT2D eigenvalue weighted by Gasteiger charge is -2.27. The highest BCUT2D eigenvalue weighted by atomic mass is 35.5. The molecular weight excluding hydrogens is 484 g/mol. The van der Waals surface area contributed by atoms with Crippen LogP contribution in [0.25, 0.3) is 28.0 Å². The number of hydrogen-bond donors (Lipinski definition) is 1. The minimum absolute atomic E-state index is 0.0315. The number of halogens is 4. The first-order chi connectivity index (χ1) is 15.9. The predicted molar refractivity (Wildman–Crippen MR) is 132 cm³/mol. The minimum atomic E-state index is -0.632. The second kappa shape index (κ2) is 9.07. The molecule has 1 heterocycles. The van der Waals surface area contributed by atoms with E-state index in [-0.39, 0.29) is 10.6 Å². The molecule has 0 bridgehead atoms. The van der Waals surface area contributed by atoms with E-state index in [1.807, 2.05) is 12.1 Å². The Labute approximate surface area is 204 Å². The average Bonchev–Trinajstić information content (AvgIpc) is 2.75. The number of nitrogens with zero attached hydrogens (tertiary/aromatic N) is 2. The third kappa shape index (κ3) is 4.26. The Morgan fingerprint density at radius 1 is 1.06 bits per heavy atom. The van der Waals surface area contributed by atoms with Crippen LogP contribution in [0.5, 0.6) is 0 Å². The molecule has 0 radical (unpaired) electrons.